The van der Waals surface area contributed by atoms with Crippen LogP contribution in [0.25, 0.3) is 16.8 Å². The van der Waals surface area contributed by atoms with Crippen LogP contribution >= 0.6 is 0 Å². The minimum absolute atomic E-state index is 0.198. The van der Waals surface area contributed by atoms with E-state index >= 15 is 0 Å². The molecule has 146 valence electrons. The fourth-order valence-corrected chi connectivity index (χ4v) is 3.03. The highest BCUT2D eigenvalue weighted by atomic mass is 19.1. The Kier molecular flexibility index (Phi) is 4.67. The van der Waals surface area contributed by atoms with Crippen LogP contribution in [0, 0.1) is 12.7 Å². The van der Waals surface area contributed by atoms with Gasteiger partial charge in [-0.25, -0.2) is 13.6 Å². The number of aryl methyl sites for hydroxylation is 1. The molecular weight excluding hydrogens is 373 g/mol. The molecule has 0 atom stereocenters. The first kappa shape index (κ1) is 18.5. The van der Waals surface area contributed by atoms with Gasteiger partial charge in [0.05, 0.1) is 5.69 Å². The highest BCUT2D eigenvalue weighted by Crippen LogP contribution is 2.19. The maximum Gasteiger partial charge on any atom is 0.293 e. The summed E-state index contributed by atoms with van der Waals surface area (Å²) in [5.41, 5.74) is 2.82. The minimum atomic E-state index is -0.431. The van der Waals surface area contributed by atoms with Crippen molar-refractivity contribution in [3.63, 3.8) is 0 Å². The van der Waals surface area contributed by atoms with Crippen molar-refractivity contribution in [2.45, 2.75) is 13.5 Å². The van der Waals surface area contributed by atoms with Gasteiger partial charge >= 0.3 is 0 Å². The summed E-state index contributed by atoms with van der Waals surface area (Å²) in [5.74, 6) is -0.620. The van der Waals surface area contributed by atoms with Crippen molar-refractivity contribution in [2.24, 2.45) is 0 Å². The van der Waals surface area contributed by atoms with E-state index in [1.807, 2.05) is 31.2 Å². The van der Waals surface area contributed by atoms with E-state index in [1.165, 1.54) is 27.9 Å². The van der Waals surface area contributed by atoms with Crippen LogP contribution in [-0.4, -0.2) is 32.3 Å². The molecule has 0 aliphatic heterocycles. The van der Waals surface area contributed by atoms with E-state index in [9.17, 15) is 14.0 Å². The molecule has 7 nitrogen and oxygen atoms in total. The van der Waals surface area contributed by atoms with Crippen LogP contribution in [0.4, 0.5) is 10.1 Å². The Balaban J connectivity index is 1.63. The largest absolute Gasteiger partial charge is 0.314 e. The van der Waals surface area contributed by atoms with E-state index < -0.39 is 5.56 Å². The van der Waals surface area contributed by atoms with Gasteiger partial charge in [-0.05, 0) is 55.0 Å². The molecule has 2 aromatic carbocycles. The smallest absolute Gasteiger partial charge is 0.293 e. The molecule has 0 radical (unpaired) electrons. The second-order valence-corrected chi connectivity index (χ2v) is 6.75. The lowest BCUT2D eigenvalue weighted by molar-refractivity contribution is -0.119. The molecule has 0 bridgehead atoms. The molecule has 0 saturated carbocycles. The van der Waals surface area contributed by atoms with Crippen molar-refractivity contribution in [2.75, 3.05) is 11.9 Å². The molecule has 0 aliphatic rings. The second-order valence-electron chi connectivity index (χ2n) is 6.75. The molecule has 0 N–H and O–H groups in total. The van der Waals surface area contributed by atoms with E-state index in [0.717, 1.165) is 15.9 Å². The van der Waals surface area contributed by atoms with Crippen molar-refractivity contribution >= 4 is 17.1 Å². The van der Waals surface area contributed by atoms with Crippen LogP contribution in [0.2, 0.25) is 0 Å². The Morgan fingerprint density at radius 3 is 2.62 bits per heavy atom. The third-order valence-corrected chi connectivity index (χ3v) is 4.68. The topological polar surface area (TPSA) is 72.5 Å². The van der Waals surface area contributed by atoms with Gasteiger partial charge in [-0.15, -0.1) is 0 Å². The summed E-state index contributed by atoms with van der Waals surface area (Å²) in [6.45, 7) is 1.75. The van der Waals surface area contributed by atoms with Crippen LogP contribution < -0.4 is 10.5 Å². The fraction of sp³-hybridized carbons (Fsp3) is 0.143. The number of halogens is 1. The van der Waals surface area contributed by atoms with E-state index in [0.29, 0.717) is 11.3 Å². The van der Waals surface area contributed by atoms with Gasteiger partial charge in [0, 0.05) is 18.3 Å². The number of fused-ring (bicyclic) bond motifs is 1. The summed E-state index contributed by atoms with van der Waals surface area (Å²) in [4.78, 5) is 26.9. The molecule has 4 aromatic rings. The number of anilines is 1. The lowest BCUT2D eigenvalue weighted by atomic mass is 10.1. The number of rotatable bonds is 4. The highest BCUT2D eigenvalue weighted by molar-refractivity contribution is 5.92. The molecule has 8 heteroatoms. The van der Waals surface area contributed by atoms with Gasteiger partial charge in [0.15, 0.2) is 0 Å². The van der Waals surface area contributed by atoms with Crippen LogP contribution in [-0.2, 0) is 11.3 Å². The summed E-state index contributed by atoms with van der Waals surface area (Å²) in [5, 5.41) is 8.37. The zero-order chi connectivity index (χ0) is 20.5. The first-order valence-corrected chi connectivity index (χ1v) is 8.97. The van der Waals surface area contributed by atoms with E-state index in [4.69, 9.17) is 0 Å². The van der Waals surface area contributed by atoms with Gasteiger partial charge in [-0.3, -0.25) is 9.59 Å². The Morgan fingerprint density at radius 1 is 1.14 bits per heavy atom. The molecule has 1 amide bonds. The lowest BCUT2D eigenvalue weighted by Crippen LogP contribution is -2.35. The molecule has 0 spiro atoms. The van der Waals surface area contributed by atoms with Gasteiger partial charge in [0.1, 0.15) is 24.2 Å². The number of hydrogen-bond donors (Lipinski definition) is 0. The molecule has 0 fully saturated rings. The van der Waals surface area contributed by atoms with Crippen molar-refractivity contribution in [1.29, 1.82) is 0 Å². The van der Waals surface area contributed by atoms with Gasteiger partial charge in [-0.2, -0.15) is 10.2 Å². The van der Waals surface area contributed by atoms with Crippen LogP contribution in [0.3, 0.4) is 0 Å². The normalized spacial score (nSPS) is 11.0. The number of nitrogens with zero attached hydrogens (tertiary/aromatic N) is 5. The number of amides is 1. The Bertz CT molecular complexity index is 1260. The summed E-state index contributed by atoms with van der Waals surface area (Å²) in [6.07, 6.45) is 1.38. The standard InChI is InChI=1S/C21H18FN5O2/c1-14-4-3-5-17(10-14)25(2)20(28)12-26-21(29)19-11-18(24-27(19)13-23-26)15-6-8-16(22)9-7-15/h3-11,13H,12H2,1-2H3. The minimum Gasteiger partial charge on any atom is -0.314 e. The van der Waals surface area contributed by atoms with Gasteiger partial charge in [-0.1, -0.05) is 12.1 Å². The average Bonchev–Trinajstić information content (AvgIpc) is 3.15. The monoisotopic (exact) mass is 391 g/mol. The average molecular weight is 391 g/mol. The Labute approximate surface area is 165 Å². The van der Waals surface area contributed by atoms with Gasteiger partial charge < -0.3 is 4.90 Å². The SMILES string of the molecule is Cc1cccc(N(C)C(=O)Cn2ncn3nc(-c4ccc(F)cc4)cc3c2=O)c1. The molecule has 0 aliphatic carbocycles. The number of carbonyl (C=O) groups excluding carboxylic acids is 1. The predicted molar refractivity (Wildman–Crippen MR) is 107 cm³/mol. The number of likely N-dealkylation sites (N-methyl/N-ethyl adjacent to an activating group) is 1. The quantitative estimate of drug-likeness (QED) is 0.536. The van der Waals surface area contributed by atoms with Crippen molar-refractivity contribution in [1.82, 2.24) is 19.4 Å². The van der Waals surface area contributed by atoms with Crippen LogP contribution in [0.1, 0.15) is 5.56 Å². The van der Waals surface area contributed by atoms with Crippen molar-refractivity contribution in [3.8, 4) is 11.3 Å². The third-order valence-electron chi connectivity index (χ3n) is 4.68. The number of aromatic nitrogens is 4. The zero-order valence-electron chi connectivity index (χ0n) is 15.9. The second kappa shape index (κ2) is 7.31. The van der Waals surface area contributed by atoms with Crippen LogP contribution in [0.5, 0.6) is 0 Å². The summed E-state index contributed by atoms with van der Waals surface area (Å²) in [7, 11) is 1.66. The van der Waals surface area contributed by atoms with Gasteiger partial charge in [0.25, 0.3) is 5.56 Å². The number of hydrogen-bond acceptors (Lipinski definition) is 4. The van der Waals surface area contributed by atoms with Gasteiger partial charge in [0.2, 0.25) is 5.91 Å². The van der Waals surface area contributed by atoms with E-state index in [2.05, 4.69) is 10.2 Å². The zero-order valence-corrected chi connectivity index (χ0v) is 15.9. The van der Waals surface area contributed by atoms with Crippen molar-refractivity contribution < 1.29 is 9.18 Å². The maximum absolute atomic E-state index is 13.1. The predicted octanol–water partition coefficient (Wildman–Crippen LogP) is 2.67. The molecule has 2 heterocycles. The molecule has 0 saturated heterocycles. The third kappa shape index (κ3) is 3.64. The summed E-state index contributed by atoms with van der Waals surface area (Å²) >= 11 is 0. The first-order valence-electron chi connectivity index (χ1n) is 8.97. The Morgan fingerprint density at radius 2 is 1.90 bits per heavy atom. The molecule has 2 aromatic heterocycles. The molecule has 4 rings (SSSR count). The molecular formula is C21H18FN5O2. The van der Waals surface area contributed by atoms with Crippen molar-refractivity contribution in [3.05, 3.63) is 82.7 Å². The highest BCUT2D eigenvalue weighted by Gasteiger charge is 2.16. The van der Waals surface area contributed by atoms with Crippen LogP contribution in [0.15, 0.2) is 65.7 Å². The summed E-state index contributed by atoms with van der Waals surface area (Å²) < 4.78 is 15.6. The number of carbonyl (C=O) groups is 1. The fourth-order valence-electron chi connectivity index (χ4n) is 3.03. The molecule has 29 heavy (non-hydrogen) atoms. The Hall–Kier alpha value is -3.81. The number of benzene rings is 2. The van der Waals surface area contributed by atoms with E-state index in [-0.39, 0.29) is 23.8 Å². The van der Waals surface area contributed by atoms with E-state index in [1.54, 1.807) is 25.2 Å². The lowest BCUT2D eigenvalue weighted by Gasteiger charge is -2.18. The first-order chi connectivity index (χ1) is 13.9. The molecule has 0 unspecified atom stereocenters. The summed E-state index contributed by atoms with van der Waals surface area (Å²) in [6, 6.07) is 15.0. The maximum atomic E-state index is 13.1.